The van der Waals surface area contributed by atoms with Gasteiger partial charge in [-0.25, -0.2) is 4.68 Å². The normalized spacial score (nSPS) is 15.8. The predicted molar refractivity (Wildman–Crippen MR) is 130 cm³/mol. The molecule has 1 aliphatic rings. The number of amides is 1. The molecule has 0 aliphatic carbocycles. The maximum atomic E-state index is 13.7. The summed E-state index contributed by atoms with van der Waals surface area (Å²) in [5.41, 5.74) is 5.09. The largest absolute Gasteiger partial charge is 0.497 e. The SMILES string of the molecule is CCOC(=O)C1CCCN(C(=O)c2cc(-c3ccc(OC)cc3)nn2-c2ccc(C)cc2C)C1. The Balaban J connectivity index is 1.73. The van der Waals surface area contributed by atoms with E-state index < -0.39 is 0 Å². The maximum Gasteiger partial charge on any atom is 0.310 e. The smallest absolute Gasteiger partial charge is 0.310 e. The summed E-state index contributed by atoms with van der Waals surface area (Å²) in [6, 6.07) is 15.5. The van der Waals surface area contributed by atoms with Gasteiger partial charge in [0.05, 0.1) is 31.0 Å². The van der Waals surface area contributed by atoms with Gasteiger partial charge in [0.15, 0.2) is 0 Å². The molecule has 4 rings (SSSR count). The van der Waals surface area contributed by atoms with E-state index in [-0.39, 0.29) is 17.8 Å². The van der Waals surface area contributed by atoms with E-state index in [9.17, 15) is 9.59 Å². The molecule has 0 bridgehead atoms. The van der Waals surface area contributed by atoms with Gasteiger partial charge in [-0.15, -0.1) is 0 Å². The van der Waals surface area contributed by atoms with Crippen molar-refractivity contribution in [2.75, 3.05) is 26.8 Å². The second-order valence-electron chi connectivity index (χ2n) is 8.69. The molecule has 3 aromatic rings. The Morgan fingerprint density at radius 3 is 2.53 bits per heavy atom. The Labute approximate surface area is 200 Å². The minimum atomic E-state index is -0.295. The number of piperidine rings is 1. The Morgan fingerprint density at radius 1 is 1.09 bits per heavy atom. The van der Waals surface area contributed by atoms with Crippen molar-refractivity contribution in [3.05, 3.63) is 65.4 Å². The van der Waals surface area contributed by atoms with E-state index in [0.717, 1.165) is 41.0 Å². The van der Waals surface area contributed by atoms with Crippen LogP contribution in [-0.4, -0.2) is 53.4 Å². The molecule has 7 heteroatoms. The molecule has 178 valence electrons. The number of methoxy groups -OCH3 is 1. The van der Waals surface area contributed by atoms with Crippen LogP contribution in [0.1, 0.15) is 41.4 Å². The third-order valence-corrected chi connectivity index (χ3v) is 6.22. The topological polar surface area (TPSA) is 73.7 Å². The fourth-order valence-corrected chi connectivity index (χ4v) is 4.44. The molecule has 1 fully saturated rings. The summed E-state index contributed by atoms with van der Waals surface area (Å²) in [4.78, 5) is 27.8. The summed E-state index contributed by atoms with van der Waals surface area (Å²) < 4.78 is 12.2. The number of ether oxygens (including phenoxy) is 2. The summed E-state index contributed by atoms with van der Waals surface area (Å²) in [7, 11) is 1.63. The highest BCUT2D eigenvalue weighted by atomic mass is 16.5. The highest BCUT2D eigenvalue weighted by molar-refractivity contribution is 5.95. The van der Waals surface area contributed by atoms with Crippen LogP contribution in [0.4, 0.5) is 0 Å². The van der Waals surface area contributed by atoms with Crippen molar-refractivity contribution in [3.8, 4) is 22.7 Å². The Morgan fingerprint density at radius 2 is 1.85 bits per heavy atom. The Kier molecular flexibility index (Phi) is 7.01. The van der Waals surface area contributed by atoms with E-state index in [0.29, 0.717) is 31.1 Å². The van der Waals surface area contributed by atoms with Gasteiger partial charge in [-0.1, -0.05) is 17.7 Å². The van der Waals surface area contributed by atoms with Crippen molar-refractivity contribution >= 4 is 11.9 Å². The van der Waals surface area contributed by atoms with Crippen LogP contribution in [0.5, 0.6) is 5.75 Å². The van der Waals surface area contributed by atoms with Crippen molar-refractivity contribution in [3.63, 3.8) is 0 Å². The zero-order valence-corrected chi connectivity index (χ0v) is 20.2. The molecule has 1 aromatic heterocycles. The van der Waals surface area contributed by atoms with Crippen LogP contribution in [0.3, 0.4) is 0 Å². The number of hydrogen-bond donors (Lipinski definition) is 0. The van der Waals surface area contributed by atoms with Crippen molar-refractivity contribution < 1.29 is 19.1 Å². The number of likely N-dealkylation sites (tertiary alicyclic amines) is 1. The van der Waals surface area contributed by atoms with Gasteiger partial charge in [-0.05, 0) is 75.6 Å². The molecule has 0 saturated carbocycles. The van der Waals surface area contributed by atoms with Crippen LogP contribution >= 0.6 is 0 Å². The van der Waals surface area contributed by atoms with E-state index in [2.05, 4.69) is 6.07 Å². The highest BCUT2D eigenvalue weighted by Crippen LogP contribution is 2.27. The number of aryl methyl sites for hydroxylation is 2. The number of carbonyl (C=O) groups excluding carboxylic acids is 2. The molecular weight excluding hydrogens is 430 g/mol. The molecule has 1 saturated heterocycles. The van der Waals surface area contributed by atoms with Crippen LogP contribution in [-0.2, 0) is 9.53 Å². The Hall–Kier alpha value is -3.61. The molecule has 1 amide bonds. The molecular formula is C27H31N3O4. The second kappa shape index (κ2) is 10.1. The van der Waals surface area contributed by atoms with E-state index in [1.165, 1.54) is 0 Å². The van der Waals surface area contributed by atoms with Gasteiger partial charge < -0.3 is 14.4 Å². The van der Waals surface area contributed by atoms with Crippen molar-refractivity contribution in [1.29, 1.82) is 0 Å². The third-order valence-electron chi connectivity index (χ3n) is 6.22. The second-order valence-corrected chi connectivity index (χ2v) is 8.69. The Bertz CT molecular complexity index is 1180. The number of aromatic nitrogens is 2. The standard InChI is InChI=1S/C27H31N3O4/c1-5-34-27(32)21-7-6-14-29(17-21)26(31)25-16-23(20-9-11-22(33-4)12-10-20)28-30(25)24-13-8-18(2)15-19(24)3/h8-13,15-16,21H,5-7,14,17H2,1-4H3. The summed E-state index contributed by atoms with van der Waals surface area (Å²) >= 11 is 0. The van der Waals surface area contributed by atoms with E-state index in [1.807, 2.05) is 56.3 Å². The first-order chi connectivity index (χ1) is 16.4. The minimum Gasteiger partial charge on any atom is -0.497 e. The van der Waals surface area contributed by atoms with Gasteiger partial charge in [0.1, 0.15) is 11.4 Å². The molecule has 34 heavy (non-hydrogen) atoms. The summed E-state index contributed by atoms with van der Waals surface area (Å²) in [6.45, 7) is 7.15. The lowest BCUT2D eigenvalue weighted by Crippen LogP contribution is -2.43. The van der Waals surface area contributed by atoms with E-state index >= 15 is 0 Å². The molecule has 1 aliphatic heterocycles. The van der Waals surface area contributed by atoms with Gasteiger partial charge in [-0.3, -0.25) is 9.59 Å². The number of nitrogens with zero attached hydrogens (tertiary/aromatic N) is 3. The monoisotopic (exact) mass is 461 g/mol. The number of rotatable bonds is 6. The quantitative estimate of drug-likeness (QED) is 0.503. The van der Waals surface area contributed by atoms with Crippen LogP contribution in [0, 0.1) is 19.8 Å². The van der Waals surface area contributed by atoms with Gasteiger partial charge in [0.2, 0.25) is 0 Å². The zero-order chi connectivity index (χ0) is 24.2. The van der Waals surface area contributed by atoms with Crippen LogP contribution in [0.2, 0.25) is 0 Å². The molecule has 0 radical (unpaired) electrons. The first-order valence-electron chi connectivity index (χ1n) is 11.7. The lowest BCUT2D eigenvalue weighted by atomic mass is 9.98. The fourth-order valence-electron chi connectivity index (χ4n) is 4.44. The van der Waals surface area contributed by atoms with Crippen molar-refractivity contribution in [2.45, 2.75) is 33.6 Å². The van der Waals surface area contributed by atoms with Gasteiger partial charge in [0, 0.05) is 18.7 Å². The van der Waals surface area contributed by atoms with E-state index in [4.69, 9.17) is 14.6 Å². The van der Waals surface area contributed by atoms with Crippen LogP contribution in [0.25, 0.3) is 16.9 Å². The minimum absolute atomic E-state index is 0.138. The fraction of sp³-hybridized carbons (Fsp3) is 0.370. The zero-order valence-electron chi connectivity index (χ0n) is 20.2. The lowest BCUT2D eigenvalue weighted by Gasteiger charge is -2.31. The number of esters is 1. The summed E-state index contributed by atoms with van der Waals surface area (Å²) in [6.07, 6.45) is 1.49. The van der Waals surface area contributed by atoms with Gasteiger partial charge in [0.25, 0.3) is 5.91 Å². The van der Waals surface area contributed by atoms with Crippen LogP contribution in [0.15, 0.2) is 48.5 Å². The molecule has 2 aromatic carbocycles. The van der Waals surface area contributed by atoms with Crippen molar-refractivity contribution in [2.24, 2.45) is 5.92 Å². The molecule has 7 nitrogen and oxygen atoms in total. The van der Waals surface area contributed by atoms with Gasteiger partial charge >= 0.3 is 5.97 Å². The first kappa shape index (κ1) is 23.5. The summed E-state index contributed by atoms with van der Waals surface area (Å²) in [5.74, 6) is 0.0893. The number of hydrogen-bond acceptors (Lipinski definition) is 5. The maximum absolute atomic E-state index is 13.7. The first-order valence-corrected chi connectivity index (χ1v) is 11.7. The molecule has 1 atom stereocenters. The highest BCUT2D eigenvalue weighted by Gasteiger charge is 2.32. The summed E-state index contributed by atoms with van der Waals surface area (Å²) in [5, 5.41) is 4.83. The molecule has 1 unspecified atom stereocenters. The average molecular weight is 462 g/mol. The van der Waals surface area contributed by atoms with Gasteiger partial charge in [-0.2, -0.15) is 5.10 Å². The molecule has 2 heterocycles. The molecule has 0 N–H and O–H groups in total. The average Bonchev–Trinajstić information content (AvgIpc) is 3.29. The number of carbonyl (C=O) groups is 2. The van der Waals surface area contributed by atoms with E-state index in [1.54, 1.807) is 23.6 Å². The third kappa shape index (κ3) is 4.83. The van der Waals surface area contributed by atoms with Crippen LogP contribution < -0.4 is 4.74 Å². The number of benzene rings is 2. The lowest BCUT2D eigenvalue weighted by molar-refractivity contribution is -0.149. The predicted octanol–water partition coefficient (Wildman–Crippen LogP) is 4.58. The van der Waals surface area contributed by atoms with Crippen molar-refractivity contribution in [1.82, 2.24) is 14.7 Å². The molecule has 0 spiro atoms.